The van der Waals surface area contributed by atoms with Gasteiger partial charge in [-0.05, 0) is 42.4 Å². The van der Waals surface area contributed by atoms with Crippen LogP contribution in [0, 0.1) is 11.8 Å². The first-order valence-electron chi connectivity index (χ1n) is 8.60. The van der Waals surface area contributed by atoms with E-state index in [0.717, 1.165) is 25.4 Å². The maximum absolute atomic E-state index is 3.77. The molecule has 0 spiro atoms. The Hall–Kier alpha value is -1.02. The predicted molar refractivity (Wildman–Crippen MR) is 93.0 cm³/mol. The number of hydrogen-bond donors (Lipinski definition) is 1. The highest BCUT2D eigenvalue weighted by Crippen LogP contribution is 2.26. The molecule has 1 aromatic rings. The lowest BCUT2D eigenvalue weighted by molar-refractivity contribution is 0.310. The third kappa shape index (κ3) is 4.23. The van der Waals surface area contributed by atoms with Crippen LogP contribution in [0.5, 0.6) is 0 Å². The van der Waals surface area contributed by atoms with Crippen molar-refractivity contribution < 1.29 is 0 Å². The second-order valence-corrected chi connectivity index (χ2v) is 7.22. The third-order valence-electron chi connectivity index (χ3n) is 4.61. The van der Waals surface area contributed by atoms with Crippen LogP contribution in [0.4, 0.5) is 5.69 Å². The van der Waals surface area contributed by atoms with Crippen LogP contribution in [0.2, 0.25) is 0 Å². The molecule has 2 atom stereocenters. The number of aryl methyl sites for hydroxylation is 1. The molecule has 2 unspecified atom stereocenters. The van der Waals surface area contributed by atoms with Gasteiger partial charge in [0.25, 0.3) is 0 Å². The lowest BCUT2D eigenvalue weighted by atomic mass is 9.94. The molecule has 0 aliphatic carbocycles. The molecule has 1 aromatic carbocycles. The molecule has 2 rings (SSSR count). The summed E-state index contributed by atoms with van der Waals surface area (Å²) in [6.07, 6.45) is 2.37. The molecule has 2 heteroatoms. The second kappa shape index (κ2) is 7.31. The van der Waals surface area contributed by atoms with Crippen LogP contribution < -0.4 is 10.2 Å². The second-order valence-electron chi connectivity index (χ2n) is 7.22. The average Bonchev–Trinajstić information content (AvgIpc) is 2.46. The van der Waals surface area contributed by atoms with Crippen molar-refractivity contribution in [1.82, 2.24) is 5.32 Å². The molecule has 21 heavy (non-hydrogen) atoms. The summed E-state index contributed by atoms with van der Waals surface area (Å²) >= 11 is 0. The molecule has 0 amide bonds. The summed E-state index contributed by atoms with van der Waals surface area (Å²) < 4.78 is 0. The van der Waals surface area contributed by atoms with Gasteiger partial charge >= 0.3 is 0 Å². The summed E-state index contributed by atoms with van der Waals surface area (Å²) in [4.78, 5) is 2.65. The zero-order valence-corrected chi connectivity index (χ0v) is 14.4. The molecule has 1 N–H and O–H groups in total. The minimum atomic E-state index is 0.598. The monoisotopic (exact) mass is 288 g/mol. The maximum atomic E-state index is 3.77. The van der Waals surface area contributed by atoms with Crippen molar-refractivity contribution in [3.05, 3.63) is 29.8 Å². The topological polar surface area (TPSA) is 15.3 Å². The maximum Gasteiger partial charge on any atom is 0.0438 e. The summed E-state index contributed by atoms with van der Waals surface area (Å²) in [5.74, 6) is 1.42. The van der Waals surface area contributed by atoms with Gasteiger partial charge in [0.1, 0.15) is 0 Å². The van der Waals surface area contributed by atoms with E-state index in [1.54, 1.807) is 0 Å². The van der Waals surface area contributed by atoms with Crippen LogP contribution >= 0.6 is 0 Å². The van der Waals surface area contributed by atoms with Crippen molar-refractivity contribution >= 4 is 5.69 Å². The Morgan fingerprint density at radius 2 is 2.00 bits per heavy atom. The van der Waals surface area contributed by atoms with Gasteiger partial charge in [-0.25, -0.2) is 0 Å². The smallest absolute Gasteiger partial charge is 0.0438 e. The Balaban J connectivity index is 2.20. The Kier molecular flexibility index (Phi) is 5.69. The Morgan fingerprint density at radius 1 is 1.24 bits per heavy atom. The van der Waals surface area contributed by atoms with Gasteiger partial charge in [-0.15, -0.1) is 0 Å². The summed E-state index contributed by atoms with van der Waals surface area (Å²) in [6.45, 7) is 13.8. The summed E-state index contributed by atoms with van der Waals surface area (Å²) in [5.41, 5.74) is 2.84. The van der Waals surface area contributed by atoms with Gasteiger partial charge in [-0.1, -0.05) is 46.8 Å². The van der Waals surface area contributed by atoms with Gasteiger partial charge in [0, 0.05) is 30.9 Å². The predicted octanol–water partition coefficient (Wildman–Crippen LogP) is 4.10. The van der Waals surface area contributed by atoms with Crippen molar-refractivity contribution in [3.8, 4) is 0 Å². The van der Waals surface area contributed by atoms with E-state index in [1.807, 2.05) is 0 Å². The van der Waals surface area contributed by atoms with Gasteiger partial charge < -0.3 is 10.2 Å². The molecule has 0 aromatic heterocycles. The van der Waals surface area contributed by atoms with Crippen molar-refractivity contribution in [3.63, 3.8) is 0 Å². The standard InChI is InChI=1S/C19H32N2/c1-6-16-8-7-9-18(11-16)21-13-17(10-14(2)3)20-12-19(21)15(4)5/h7-9,11,14-15,17,19-20H,6,10,12-13H2,1-5H3. The quantitative estimate of drug-likeness (QED) is 0.877. The fraction of sp³-hybridized carbons (Fsp3) is 0.684. The zero-order valence-electron chi connectivity index (χ0n) is 14.4. The van der Waals surface area contributed by atoms with E-state index in [-0.39, 0.29) is 0 Å². The summed E-state index contributed by atoms with van der Waals surface area (Å²) in [7, 11) is 0. The van der Waals surface area contributed by atoms with Gasteiger partial charge in [0.05, 0.1) is 0 Å². The summed E-state index contributed by atoms with van der Waals surface area (Å²) in [5, 5.41) is 3.77. The number of piperazine rings is 1. The van der Waals surface area contributed by atoms with E-state index in [1.165, 1.54) is 17.7 Å². The number of nitrogens with zero attached hydrogens (tertiary/aromatic N) is 1. The fourth-order valence-electron chi connectivity index (χ4n) is 3.41. The molecule has 0 saturated carbocycles. The average molecular weight is 288 g/mol. The molecular weight excluding hydrogens is 256 g/mol. The van der Waals surface area contributed by atoms with E-state index in [0.29, 0.717) is 18.0 Å². The molecule has 1 heterocycles. The highest BCUT2D eigenvalue weighted by Gasteiger charge is 2.30. The van der Waals surface area contributed by atoms with Gasteiger partial charge in [0.15, 0.2) is 0 Å². The molecule has 1 fully saturated rings. The van der Waals surface area contributed by atoms with E-state index >= 15 is 0 Å². The highest BCUT2D eigenvalue weighted by atomic mass is 15.2. The number of nitrogens with one attached hydrogen (secondary N) is 1. The third-order valence-corrected chi connectivity index (χ3v) is 4.61. The minimum absolute atomic E-state index is 0.598. The lowest BCUT2D eigenvalue weighted by Crippen LogP contribution is -2.58. The molecule has 0 bridgehead atoms. The minimum Gasteiger partial charge on any atom is -0.365 e. The molecule has 0 radical (unpaired) electrons. The number of benzene rings is 1. The molecule has 2 nitrogen and oxygen atoms in total. The number of anilines is 1. The fourth-order valence-corrected chi connectivity index (χ4v) is 3.41. The highest BCUT2D eigenvalue weighted by molar-refractivity contribution is 5.50. The Morgan fingerprint density at radius 3 is 2.62 bits per heavy atom. The van der Waals surface area contributed by atoms with Crippen molar-refractivity contribution in [2.75, 3.05) is 18.0 Å². The van der Waals surface area contributed by atoms with Crippen molar-refractivity contribution in [2.45, 2.75) is 59.5 Å². The molecule has 1 saturated heterocycles. The summed E-state index contributed by atoms with van der Waals surface area (Å²) in [6, 6.07) is 10.3. The molecule has 118 valence electrons. The van der Waals surface area contributed by atoms with Crippen LogP contribution in [0.3, 0.4) is 0 Å². The van der Waals surface area contributed by atoms with Crippen LogP contribution in [0.1, 0.15) is 46.6 Å². The van der Waals surface area contributed by atoms with E-state index < -0.39 is 0 Å². The van der Waals surface area contributed by atoms with Gasteiger partial charge in [0.2, 0.25) is 0 Å². The SMILES string of the molecule is CCc1cccc(N2CC(CC(C)C)NCC2C(C)C)c1. The lowest BCUT2D eigenvalue weighted by Gasteiger charge is -2.44. The molecular formula is C19H32N2. The number of rotatable bonds is 5. The van der Waals surface area contributed by atoms with Crippen LogP contribution in [0.15, 0.2) is 24.3 Å². The van der Waals surface area contributed by atoms with Crippen molar-refractivity contribution in [2.24, 2.45) is 11.8 Å². The van der Waals surface area contributed by atoms with Gasteiger partial charge in [-0.2, -0.15) is 0 Å². The van der Waals surface area contributed by atoms with Crippen molar-refractivity contribution in [1.29, 1.82) is 0 Å². The Labute approximate surface area is 130 Å². The van der Waals surface area contributed by atoms with E-state index in [9.17, 15) is 0 Å². The first-order valence-corrected chi connectivity index (χ1v) is 8.60. The molecule has 1 aliphatic heterocycles. The normalized spacial score (nSPS) is 23.1. The first-order chi connectivity index (χ1) is 10.0. The van der Waals surface area contributed by atoms with Gasteiger partial charge in [-0.3, -0.25) is 0 Å². The zero-order chi connectivity index (χ0) is 15.4. The van der Waals surface area contributed by atoms with E-state index in [4.69, 9.17) is 0 Å². The Bertz CT molecular complexity index is 439. The largest absolute Gasteiger partial charge is 0.365 e. The van der Waals surface area contributed by atoms with Crippen LogP contribution in [-0.4, -0.2) is 25.2 Å². The number of hydrogen-bond acceptors (Lipinski definition) is 2. The van der Waals surface area contributed by atoms with Crippen LogP contribution in [-0.2, 0) is 6.42 Å². The molecule has 1 aliphatic rings. The first kappa shape index (κ1) is 16.4. The van der Waals surface area contributed by atoms with E-state index in [2.05, 4.69) is 69.1 Å². The van der Waals surface area contributed by atoms with Crippen LogP contribution in [0.25, 0.3) is 0 Å².